The number of aryl methyl sites for hydroxylation is 1. The van der Waals surface area contributed by atoms with Crippen molar-refractivity contribution in [3.05, 3.63) is 65.2 Å². The number of anilines is 3. The molecule has 0 aliphatic carbocycles. The highest BCUT2D eigenvalue weighted by atomic mass is 19.1. The van der Waals surface area contributed by atoms with E-state index < -0.39 is 11.8 Å². The number of ether oxygens (including phenoxy) is 2. The first-order valence-electron chi connectivity index (χ1n) is 9.32. The van der Waals surface area contributed by atoms with E-state index in [-0.39, 0.29) is 36.5 Å². The van der Waals surface area contributed by atoms with Crippen molar-refractivity contribution in [3.8, 4) is 5.75 Å². The molecular formula is C21H22FN5O3. The first kappa shape index (κ1) is 21.0. The zero-order valence-corrected chi connectivity index (χ0v) is 16.7. The van der Waals surface area contributed by atoms with Crippen molar-refractivity contribution < 1.29 is 18.7 Å². The lowest BCUT2D eigenvalue weighted by Crippen LogP contribution is -2.12. The van der Waals surface area contributed by atoms with Crippen LogP contribution in [-0.4, -0.2) is 28.0 Å². The minimum absolute atomic E-state index is 0.00440. The molecule has 0 bridgehead atoms. The Kier molecular flexibility index (Phi) is 6.74. The summed E-state index contributed by atoms with van der Waals surface area (Å²) in [5.41, 5.74) is 8.18. The average molecular weight is 411 g/mol. The molecule has 0 aliphatic rings. The van der Waals surface area contributed by atoms with Crippen LogP contribution in [0.25, 0.3) is 0 Å². The number of aromatic nitrogens is 3. The predicted octanol–water partition coefficient (Wildman–Crippen LogP) is 3.19. The number of halogens is 1. The van der Waals surface area contributed by atoms with Gasteiger partial charge in [-0.1, -0.05) is 31.2 Å². The van der Waals surface area contributed by atoms with Gasteiger partial charge in [-0.3, -0.25) is 4.79 Å². The van der Waals surface area contributed by atoms with Crippen LogP contribution in [0, 0.1) is 5.82 Å². The third kappa shape index (κ3) is 5.40. The van der Waals surface area contributed by atoms with Crippen LogP contribution in [0.1, 0.15) is 23.9 Å². The van der Waals surface area contributed by atoms with Gasteiger partial charge >= 0.3 is 5.97 Å². The topological polar surface area (TPSA) is 112 Å². The number of para-hydroxylation sites is 1. The molecule has 0 saturated carbocycles. The first-order valence-corrected chi connectivity index (χ1v) is 9.32. The number of nitrogen functional groups attached to an aromatic ring is 1. The molecule has 0 amide bonds. The Bertz CT molecular complexity index is 1040. The van der Waals surface area contributed by atoms with Gasteiger partial charge in [-0.2, -0.15) is 15.0 Å². The molecule has 0 atom stereocenters. The summed E-state index contributed by atoms with van der Waals surface area (Å²) >= 11 is 0. The Morgan fingerprint density at radius 1 is 1.17 bits per heavy atom. The summed E-state index contributed by atoms with van der Waals surface area (Å²) in [6.07, 6.45) is 0.733. The smallest absolute Gasteiger partial charge is 0.310 e. The van der Waals surface area contributed by atoms with Crippen molar-refractivity contribution >= 4 is 23.6 Å². The molecule has 3 rings (SSSR count). The molecule has 3 aromatic rings. The van der Waals surface area contributed by atoms with Crippen molar-refractivity contribution in [1.29, 1.82) is 0 Å². The van der Waals surface area contributed by atoms with Gasteiger partial charge in [0.25, 0.3) is 0 Å². The van der Waals surface area contributed by atoms with Crippen LogP contribution in [0.15, 0.2) is 42.5 Å². The molecule has 1 aromatic heterocycles. The van der Waals surface area contributed by atoms with Crippen molar-refractivity contribution in [2.45, 2.75) is 26.4 Å². The Balaban J connectivity index is 1.64. The molecule has 0 fully saturated rings. The molecule has 1 heterocycles. The van der Waals surface area contributed by atoms with Crippen LogP contribution in [0.5, 0.6) is 5.75 Å². The Morgan fingerprint density at radius 2 is 1.97 bits per heavy atom. The number of esters is 1. The second-order valence-electron chi connectivity index (χ2n) is 6.38. The van der Waals surface area contributed by atoms with E-state index >= 15 is 0 Å². The van der Waals surface area contributed by atoms with E-state index in [0.717, 1.165) is 17.7 Å². The quantitative estimate of drug-likeness (QED) is 0.544. The van der Waals surface area contributed by atoms with E-state index in [1.165, 1.54) is 19.2 Å². The van der Waals surface area contributed by atoms with Crippen LogP contribution in [0.2, 0.25) is 0 Å². The summed E-state index contributed by atoms with van der Waals surface area (Å²) in [5.74, 6) is -0.525. The summed E-state index contributed by atoms with van der Waals surface area (Å²) in [6.45, 7) is 1.86. The predicted molar refractivity (Wildman–Crippen MR) is 110 cm³/mol. The summed E-state index contributed by atoms with van der Waals surface area (Å²) in [5, 5.41) is 3.11. The van der Waals surface area contributed by atoms with Gasteiger partial charge in [0.1, 0.15) is 0 Å². The minimum Gasteiger partial charge on any atom is -0.494 e. The van der Waals surface area contributed by atoms with Crippen LogP contribution >= 0.6 is 0 Å². The number of nitrogens with one attached hydrogen (secondary N) is 1. The molecule has 0 radical (unpaired) electrons. The molecule has 0 spiro atoms. The monoisotopic (exact) mass is 411 g/mol. The Hall–Kier alpha value is -3.75. The number of nitrogens with two attached hydrogens (primary N) is 1. The van der Waals surface area contributed by atoms with Gasteiger partial charge in [0.2, 0.25) is 11.9 Å². The molecule has 156 valence electrons. The lowest BCUT2D eigenvalue weighted by molar-refractivity contribution is -0.144. The van der Waals surface area contributed by atoms with Gasteiger partial charge in [-0.25, -0.2) is 4.39 Å². The fourth-order valence-corrected chi connectivity index (χ4v) is 2.81. The third-order valence-corrected chi connectivity index (χ3v) is 4.27. The van der Waals surface area contributed by atoms with Crippen LogP contribution in [-0.2, 0) is 29.0 Å². The number of hydrogen-bond acceptors (Lipinski definition) is 8. The number of hydrogen-bond donors (Lipinski definition) is 2. The van der Waals surface area contributed by atoms with Crippen molar-refractivity contribution in [2.75, 3.05) is 18.2 Å². The number of benzene rings is 2. The summed E-state index contributed by atoms with van der Waals surface area (Å²) in [4.78, 5) is 24.4. The maximum atomic E-state index is 13.7. The van der Waals surface area contributed by atoms with E-state index in [1.54, 1.807) is 6.07 Å². The van der Waals surface area contributed by atoms with Crippen LogP contribution in [0.3, 0.4) is 0 Å². The summed E-state index contributed by atoms with van der Waals surface area (Å²) in [6, 6.07) is 12.0. The van der Waals surface area contributed by atoms with Crippen LogP contribution in [0.4, 0.5) is 22.0 Å². The SMILES string of the molecule is CCc1ccccc1Nc1nc(N)nc(COC(=O)Cc2ccc(OC)c(F)c2)n1. The molecule has 0 unspecified atom stereocenters. The highest BCUT2D eigenvalue weighted by Gasteiger charge is 2.12. The van der Waals surface area contributed by atoms with E-state index in [2.05, 4.69) is 20.3 Å². The standard InChI is InChI=1S/C21H22FN5O3/c1-3-14-6-4-5-7-16(14)24-21-26-18(25-20(23)27-21)12-30-19(28)11-13-8-9-17(29-2)15(22)10-13/h4-10H,3,11-12H2,1-2H3,(H3,23,24,25,26,27). The number of carbonyl (C=O) groups is 1. The molecule has 9 heteroatoms. The fourth-order valence-electron chi connectivity index (χ4n) is 2.81. The molecule has 3 N–H and O–H groups in total. The average Bonchev–Trinajstić information content (AvgIpc) is 2.72. The number of methoxy groups -OCH3 is 1. The highest BCUT2D eigenvalue weighted by molar-refractivity contribution is 5.72. The first-order chi connectivity index (χ1) is 14.5. The number of nitrogens with zero attached hydrogens (tertiary/aromatic N) is 3. The van der Waals surface area contributed by atoms with E-state index in [9.17, 15) is 9.18 Å². The van der Waals surface area contributed by atoms with Crippen molar-refractivity contribution in [1.82, 2.24) is 15.0 Å². The van der Waals surface area contributed by atoms with E-state index in [4.69, 9.17) is 15.2 Å². The fraction of sp³-hybridized carbons (Fsp3) is 0.238. The molecule has 30 heavy (non-hydrogen) atoms. The maximum Gasteiger partial charge on any atom is 0.310 e. The Morgan fingerprint density at radius 3 is 2.70 bits per heavy atom. The normalized spacial score (nSPS) is 10.5. The summed E-state index contributed by atoms with van der Waals surface area (Å²) < 4.78 is 23.8. The number of carbonyl (C=O) groups excluding carboxylic acids is 1. The van der Waals surface area contributed by atoms with Gasteiger partial charge in [0.15, 0.2) is 24.0 Å². The lowest BCUT2D eigenvalue weighted by Gasteiger charge is -2.11. The van der Waals surface area contributed by atoms with Crippen LogP contribution < -0.4 is 15.8 Å². The molecule has 2 aromatic carbocycles. The van der Waals surface area contributed by atoms with Gasteiger partial charge in [0, 0.05) is 5.69 Å². The van der Waals surface area contributed by atoms with E-state index in [1.807, 2.05) is 31.2 Å². The minimum atomic E-state index is -0.551. The highest BCUT2D eigenvalue weighted by Crippen LogP contribution is 2.20. The second kappa shape index (κ2) is 9.64. The van der Waals surface area contributed by atoms with E-state index in [0.29, 0.717) is 5.56 Å². The zero-order valence-electron chi connectivity index (χ0n) is 16.7. The van der Waals surface area contributed by atoms with Crippen molar-refractivity contribution in [2.24, 2.45) is 0 Å². The van der Waals surface area contributed by atoms with Gasteiger partial charge < -0.3 is 20.5 Å². The lowest BCUT2D eigenvalue weighted by atomic mass is 10.1. The zero-order chi connectivity index (χ0) is 21.5. The molecule has 8 nitrogen and oxygen atoms in total. The second-order valence-corrected chi connectivity index (χ2v) is 6.38. The van der Waals surface area contributed by atoms with Crippen molar-refractivity contribution in [3.63, 3.8) is 0 Å². The Labute approximate surface area is 173 Å². The maximum absolute atomic E-state index is 13.7. The number of rotatable bonds is 8. The molecule has 0 aliphatic heterocycles. The largest absolute Gasteiger partial charge is 0.494 e. The van der Waals surface area contributed by atoms with Gasteiger partial charge in [-0.15, -0.1) is 0 Å². The third-order valence-electron chi connectivity index (χ3n) is 4.27. The molecule has 0 saturated heterocycles. The summed E-state index contributed by atoms with van der Waals surface area (Å²) in [7, 11) is 1.37. The van der Waals surface area contributed by atoms with Gasteiger partial charge in [-0.05, 0) is 35.7 Å². The molecular weight excluding hydrogens is 389 g/mol. The van der Waals surface area contributed by atoms with Gasteiger partial charge in [0.05, 0.1) is 13.5 Å².